The molecule has 0 saturated heterocycles. The number of carbonyl (C=O) groups excluding carboxylic acids is 1. The predicted octanol–water partition coefficient (Wildman–Crippen LogP) is 2.17. The van der Waals surface area contributed by atoms with Gasteiger partial charge in [0.25, 0.3) is 0 Å². The van der Waals surface area contributed by atoms with Crippen molar-refractivity contribution in [2.75, 3.05) is 6.61 Å². The minimum atomic E-state index is -0.217. The highest BCUT2D eigenvalue weighted by atomic mass is 16.3. The molecule has 0 saturated carbocycles. The fraction of sp³-hybridized carbons (Fsp3) is 0.333. The van der Waals surface area contributed by atoms with E-state index in [2.05, 4.69) is 15.7 Å². The Morgan fingerprint density at radius 2 is 2.21 bits per heavy atom. The van der Waals surface area contributed by atoms with Gasteiger partial charge in [-0.1, -0.05) is 30.4 Å². The number of urea groups is 1. The minimum absolute atomic E-state index is 0.0318. The molecular formula is C18H22N4O2. The van der Waals surface area contributed by atoms with Gasteiger partial charge in [0.05, 0.1) is 11.7 Å². The molecule has 1 aromatic carbocycles. The summed E-state index contributed by atoms with van der Waals surface area (Å²) in [5.41, 5.74) is 1.93. The molecule has 2 amide bonds. The number of hydrogen-bond acceptors (Lipinski definition) is 3. The third-order valence-corrected chi connectivity index (χ3v) is 4.23. The van der Waals surface area contributed by atoms with Gasteiger partial charge in [0.15, 0.2) is 0 Å². The maximum atomic E-state index is 12.2. The summed E-state index contributed by atoms with van der Waals surface area (Å²) in [7, 11) is 0. The van der Waals surface area contributed by atoms with E-state index in [0.29, 0.717) is 0 Å². The lowest BCUT2D eigenvalue weighted by atomic mass is 10.1. The summed E-state index contributed by atoms with van der Waals surface area (Å²) in [6.45, 7) is 2.06. The summed E-state index contributed by atoms with van der Waals surface area (Å²) < 4.78 is 1.79. The molecule has 1 heterocycles. The summed E-state index contributed by atoms with van der Waals surface area (Å²) in [6, 6.07) is 9.32. The first kappa shape index (κ1) is 16.3. The number of amides is 2. The summed E-state index contributed by atoms with van der Waals surface area (Å²) in [4.78, 5) is 12.2. The van der Waals surface area contributed by atoms with Crippen molar-refractivity contribution in [1.82, 2.24) is 20.4 Å². The molecular weight excluding hydrogens is 304 g/mol. The van der Waals surface area contributed by atoms with E-state index < -0.39 is 0 Å². The van der Waals surface area contributed by atoms with Crippen molar-refractivity contribution in [3.8, 4) is 5.69 Å². The Balaban J connectivity index is 1.64. The van der Waals surface area contributed by atoms with Crippen molar-refractivity contribution in [2.45, 2.75) is 25.4 Å². The highest BCUT2D eigenvalue weighted by Crippen LogP contribution is 2.21. The molecule has 3 atom stereocenters. The molecule has 2 aromatic rings. The van der Waals surface area contributed by atoms with Gasteiger partial charge in [-0.15, -0.1) is 0 Å². The predicted molar refractivity (Wildman–Crippen MR) is 91.8 cm³/mol. The van der Waals surface area contributed by atoms with E-state index in [1.165, 1.54) is 0 Å². The fourth-order valence-corrected chi connectivity index (χ4v) is 2.98. The van der Waals surface area contributed by atoms with Crippen molar-refractivity contribution >= 4 is 6.03 Å². The number of aliphatic hydroxyl groups excluding tert-OH is 1. The molecule has 6 nitrogen and oxygen atoms in total. The Hall–Kier alpha value is -2.60. The summed E-state index contributed by atoms with van der Waals surface area (Å²) in [5, 5.41) is 19.3. The molecule has 1 aromatic heterocycles. The van der Waals surface area contributed by atoms with Gasteiger partial charge in [-0.3, -0.25) is 0 Å². The van der Waals surface area contributed by atoms with Crippen LogP contribution in [-0.4, -0.2) is 33.6 Å². The second-order valence-electron chi connectivity index (χ2n) is 6.02. The molecule has 1 aliphatic rings. The molecule has 0 aliphatic heterocycles. The highest BCUT2D eigenvalue weighted by Gasteiger charge is 2.21. The molecule has 1 unspecified atom stereocenters. The van der Waals surface area contributed by atoms with E-state index in [-0.39, 0.29) is 30.6 Å². The van der Waals surface area contributed by atoms with Crippen molar-refractivity contribution in [3.05, 3.63) is 60.4 Å². The first-order chi connectivity index (χ1) is 11.7. The number of benzene rings is 1. The van der Waals surface area contributed by atoms with Crippen LogP contribution in [0.4, 0.5) is 4.79 Å². The molecule has 126 valence electrons. The van der Waals surface area contributed by atoms with Crippen LogP contribution in [0.5, 0.6) is 0 Å². The van der Waals surface area contributed by atoms with Gasteiger partial charge in [-0.25, -0.2) is 9.48 Å². The zero-order chi connectivity index (χ0) is 16.9. The monoisotopic (exact) mass is 326 g/mol. The average Bonchev–Trinajstić information content (AvgIpc) is 3.26. The van der Waals surface area contributed by atoms with Crippen molar-refractivity contribution < 1.29 is 9.90 Å². The standard InChI is InChI=1S/C18H22N4O2/c1-13(20-18(24)21-15-8-7-14(11-15)12-23)16-5-2-3-6-17(16)22-10-4-9-19-22/h2-10,13-15,23H,11-12H2,1H3,(H2,20,21,24)/t13?,14-,15+/m0/s1. The number of rotatable bonds is 5. The third-order valence-electron chi connectivity index (χ3n) is 4.23. The molecule has 0 bridgehead atoms. The highest BCUT2D eigenvalue weighted by molar-refractivity contribution is 5.75. The Morgan fingerprint density at radius 3 is 2.92 bits per heavy atom. The lowest BCUT2D eigenvalue weighted by Crippen LogP contribution is -2.42. The van der Waals surface area contributed by atoms with Crippen LogP contribution in [0.3, 0.4) is 0 Å². The van der Waals surface area contributed by atoms with Crippen LogP contribution in [0.1, 0.15) is 24.9 Å². The van der Waals surface area contributed by atoms with E-state index >= 15 is 0 Å². The molecule has 0 spiro atoms. The average molecular weight is 326 g/mol. The van der Waals surface area contributed by atoms with E-state index in [1.54, 1.807) is 10.9 Å². The van der Waals surface area contributed by atoms with E-state index in [1.807, 2.05) is 55.6 Å². The maximum Gasteiger partial charge on any atom is 0.315 e. The third kappa shape index (κ3) is 3.65. The van der Waals surface area contributed by atoms with Crippen LogP contribution in [0.2, 0.25) is 0 Å². The first-order valence-electron chi connectivity index (χ1n) is 8.12. The molecule has 3 rings (SSSR count). The molecule has 0 radical (unpaired) electrons. The van der Waals surface area contributed by atoms with Gasteiger partial charge in [0.1, 0.15) is 0 Å². The summed E-state index contributed by atoms with van der Waals surface area (Å²) in [6.07, 6.45) is 8.22. The number of carbonyl (C=O) groups is 1. The molecule has 3 N–H and O–H groups in total. The Labute approximate surface area is 141 Å². The van der Waals surface area contributed by atoms with Crippen LogP contribution in [-0.2, 0) is 0 Å². The number of para-hydroxylation sites is 1. The van der Waals surface area contributed by atoms with Crippen LogP contribution in [0.25, 0.3) is 5.69 Å². The van der Waals surface area contributed by atoms with Gasteiger partial charge in [0.2, 0.25) is 0 Å². The number of nitrogens with zero attached hydrogens (tertiary/aromatic N) is 2. The quantitative estimate of drug-likeness (QED) is 0.737. The molecule has 24 heavy (non-hydrogen) atoms. The van der Waals surface area contributed by atoms with Crippen LogP contribution in [0.15, 0.2) is 54.9 Å². The minimum Gasteiger partial charge on any atom is -0.396 e. The lowest BCUT2D eigenvalue weighted by molar-refractivity contribution is 0.229. The van der Waals surface area contributed by atoms with Crippen LogP contribution in [0, 0.1) is 5.92 Å². The molecule has 0 fully saturated rings. The van der Waals surface area contributed by atoms with E-state index in [4.69, 9.17) is 5.11 Å². The van der Waals surface area contributed by atoms with Gasteiger partial charge < -0.3 is 15.7 Å². The second kappa shape index (κ2) is 7.31. The van der Waals surface area contributed by atoms with Crippen LogP contribution < -0.4 is 10.6 Å². The Kier molecular flexibility index (Phi) is 4.96. The molecule has 6 heteroatoms. The number of nitrogens with one attached hydrogen (secondary N) is 2. The van der Waals surface area contributed by atoms with Gasteiger partial charge in [-0.2, -0.15) is 5.10 Å². The number of hydrogen-bond donors (Lipinski definition) is 3. The zero-order valence-electron chi connectivity index (χ0n) is 13.6. The normalized spacial score (nSPS) is 20.8. The lowest BCUT2D eigenvalue weighted by Gasteiger charge is -2.20. The first-order valence-corrected chi connectivity index (χ1v) is 8.12. The van der Waals surface area contributed by atoms with Crippen molar-refractivity contribution in [2.24, 2.45) is 5.92 Å². The van der Waals surface area contributed by atoms with Crippen LogP contribution >= 0.6 is 0 Å². The summed E-state index contributed by atoms with van der Waals surface area (Å²) in [5.74, 6) is 0.133. The maximum absolute atomic E-state index is 12.2. The smallest absolute Gasteiger partial charge is 0.315 e. The number of aliphatic hydroxyl groups is 1. The van der Waals surface area contributed by atoms with Crippen molar-refractivity contribution in [1.29, 1.82) is 0 Å². The van der Waals surface area contributed by atoms with E-state index in [9.17, 15) is 4.79 Å². The second-order valence-corrected chi connectivity index (χ2v) is 6.02. The summed E-state index contributed by atoms with van der Waals surface area (Å²) >= 11 is 0. The van der Waals surface area contributed by atoms with Crippen molar-refractivity contribution in [3.63, 3.8) is 0 Å². The number of aromatic nitrogens is 2. The van der Waals surface area contributed by atoms with E-state index in [0.717, 1.165) is 17.7 Å². The largest absolute Gasteiger partial charge is 0.396 e. The Bertz CT molecular complexity index is 712. The fourth-order valence-electron chi connectivity index (χ4n) is 2.98. The SMILES string of the molecule is CC(NC(=O)N[C@@H]1C=C[C@H](CO)C1)c1ccccc1-n1cccn1. The molecule has 1 aliphatic carbocycles. The van der Waals surface area contributed by atoms with Gasteiger partial charge >= 0.3 is 6.03 Å². The zero-order valence-corrected chi connectivity index (χ0v) is 13.6. The van der Waals surface area contributed by atoms with Gasteiger partial charge in [0, 0.05) is 31.0 Å². The topological polar surface area (TPSA) is 79.2 Å². The Morgan fingerprint density at radius 1 is 1.38 bits per heavy atom. The van der Waals surface area contributed by atoms with Gasteiger partial charge in [-0.05, 0) is 31.0 Å².